The van der Waals surface area contributed by atoms with E-state index < -0.39 is 64.1 Å². The minimum absolute atomic E-state index is 0.0711. The number of carbonyl (C=O) groups excluding carboxylic acids is 3. The van der Waals surface area contributed by atoms with E-state index in [0.717, 1.165) is 32.0 Å². The summed E-state index contributed by atoms with van der Waals surface area (Å²) in [5.74, 6) is -8.54. The Labute approximate surface area is 200 Å². The summed E-state index contributed by atoms with van der Waals surface area (Å²) in [6.45, 7) is 2.10. The van der Waals surface area contributed by atoms with Crippen LogP contribution in [0, 0.1) is 11.6 Å². The number of hydrogen-bond donors (Lipinski definition) is 1. The van der Waals surface area contributed by atoms with E-state index in [4.69, 9.17) is 18.9 Å². The average molecular weight is 496 g/mol. The molecule has 1 spiro atoms. The molecule has 2 heterocycles. The van der Waals surface area contributed by atoms with E-state index in [0.29, 0.717) is 0 Å². The van der Waals surface area contributed by atoms with Crippen LogP contribution in [-0.4, -0.2) is 29.0 Å². The number of carboxylic acid groups (broad SMARTS) is 1. The predicted octanol–water partition coefficient (Wildman–Crippen LogP) is 4.08. The zero-order valence-electron chi connectivity index (χ0n) is 18.5. The number of benzene rings is 3. The van der Waals surface area contributed by atoms with Crippen molar-refractivity contribution in [3.63, 3.8) is 0 Å². The first-order valence-corrected chi connectivity index (χ1v) is 10.4. The van der Waals surface area contributed by atoms with E-state index in [9.17, 15) is 24.3 Å². The highest BCUT2D eigenvalue weighted by Crippen LogP contribution is 2.58. The van der Waals surface area contributed by atoms with E-state index in [1.165, 1.54) is 24.3 Å². The minimum Gasteiger partial charge on any atom is -0.478 e. The number of hydrogen-bond acceptors (Lipinski definition) is 8. The first-order valence-electron chi connectivity index (χ1n) is 10.4. The number of carboxylic acids is 1. The van der Waals surface area contributed by atoms with Crippen molar-refractivity contribution in [1.82, 2.24) is 0 Å². The lowest BCUT2D eigenvalue weighted by Crippen LogP contribution is -2.34. The number of rotatable bonds is 3. The van der Waals surface area contributed by atoms with E-state index in [1.54, 1.807) is 0 Å². The molecule has 182 valence electrons. The summed E-state index contributed by atoms with van der Waals surface area (Å²) >= 11 is 0. The van der Waals surface area contributed by atoms with Gasteiger partial charge < -0.3 is 24.1 Å². The number of halogens is 2. The fourth-order valence-corrected chi connectivity index (χ4v) is 4.35. The summed E-state index contributed by atoms with van der Waals surface area (Å²) in [4.78, 5) is 47.2. The molecule has 3 aromatic carbocycles. The lowest BCUT2D eigenvalue weighted by Gasteiger charge is -2.37. The standard InChI is InChI=1S/C25H14F2O9/c1-10(28)33-17-7-5-15-21(19(17)26)35-22-16(6-8-18(20(22)27)34-11(2)29)25(15)14-4-3-12(23(30)31)9-13(14)24(32)36-25/h3-9H,1-2H3,(H,30,31). The third-order valence-electron chi connectivity index (χ3n) is 5.70. The van der Waals surface area contributed by atoms with Crippen LogP contribution < -0.4 is 14.2 Å². The zero-order valence-corrected chi connectivity index (χ0v) is 18.5. The quantitative estimate of drug-likeness (QED) is 0.422. The largest absolute Gasteiger partial charge is 0.478 e. The molecule has 3 aromatic rings. The average Bonchev–Trinajstić information content (AvgIpc) is 3.10. The number of fused-ring (bicyclic) bond motifs is 6. The fraction of sp³-hybridized carbons (Fsp3) is 0.120. The minimum atomic E-state index is -1.96. The molecule has 0 atom stereocenters. The van der Waals surface area contributed by atoms with Crippen LogP contribution in [0.2, 0.25) is 0 Å². The zero-order chi connectivity index (χ0) is 25.9. The van der Waals surface area contributed by atoms with Crippen molar-refractivity contribution in [2.45, 2.75) is 19.4 Å². The van der Waals surface area contributed by atoms with Gasteiger partial charge >= 0.3 is 23.9 Å². The molecule has 0 radical (unpaired) electrons. The summed E-state index contributed by atoms with van der Waals surface area (Å²) < 4.78 is 52.0. The number of ether oxygens (including phenoxy) is 4. The van der Waals surface area contributed by atoms with Crippen LogP contribution in [0.15, 0.2) is 42.5 Å². The molecule has 2 aliphatic heterocycles. The lowest BCUT2D eigenvalue weighted by molar-refractivity contribution is -0.133. The number of esters is 3. The van der Waals surface area contributed by atoms with E-state index in [-0.39, 0.29) is 27.8 Å². The van der Waals surface area contributed by atoms with Crippen LogP contribution in [0.1, 0.15) is 51.3 Å². The molecule has 0 bridgehead atoms. The van der Waals surface area contributed by atoms with Gasteiger partial charge in [-0.1, -0.05) is 6.07 Å². The van der Waals surface area contributed by atoms with Crippen LogP contribution in [0.25, 0.3) is 0 Å². The molecular weight excluding hydrogens is 482 g/mol. The topological polar surface area (TPSA) is 125 Å². The molecule has 0 amide bonds. The second-order valence-electron chi connectivity index (χ2n) is 7.93. The summed E-state index contributed by atoms with van der Waals surface area (Å²) in [5, 5.41) is 9.34. The molecule has 2 aliphatic rings. The molecule has 0 saturated carbocycles. The van der Waals surface area contributed by atoms with Crippen LogP contribution in [0.5, 0.6) is 23.0 Å². The van der Waals surface area contributed by atoms with E-state index in [2.05, 4.69) is 0 Å². The second kappa shape index (κ2) is 7.87. The summed E-state index contributed by atoms with van der Waals surface area (Å²) in [6.07, 6.45) is 0. The summed E-state index contributed by atoms with van der Waals surface area (Å²) in [7, 11) is 0. The van der Waals surface area contributed by atoms with Crippen LogP contribution in [0.4, 0.5) is 8.78 Å². The van der Waals surface area contributed by atoms with Crippen molar-refractivity contribution >= 4 is 23.9 Å². The predicted molar refractivity (Wildman–Crippen MR) is 114 cm³/mol. The lowest BCUT2D eigenvalue weighted by atomic mass is 9.77. The Morgan fingerprint density at radius 1 is 0.833 bits per heavy atom. The highest BCUT2D eigenvalue weighted by Gasteiger charge is 2.55. The molecule has 0 unspecified atom stereocenters. The monoisotopic (exact) mass is 496 g/mol. The van der Waals surface area contributed by atoms with Gasteiger partial charge in [-0.2, -0.15) is 8.78 Å². The number of aromatic carboxylic acids is 1. The fourth-order valence-electron chi connectivity index (χ4n) is 4.35. The molecule has 36 heavy (non-hydrogen) atoms. The van der Waals surface area contributed by atoms with E-state index in [1.807, 2.05) is 0 Å². The SMILES string of the molecule is CC(=O)Oc1ccc2c(c1F)Oc1c(ccc(OC(C)=O)c1F)C21OC(=O)c2cc(C(=O)O)ccc21. The van der Waals surface area contributed by atoms with Crippen molar-refractivity contribution in [3.8, 4) is 23.0 Å². The van der Waals surface area contributed by atoms with Gasteiger partial charge in [0.05, 0.1) is 22.3 Å². The maximum atomic E-state index is 15.5. The molecule has 0 fully saturated rings. The van der Waals surface area contributed by atoms with E-state index >= 15 is 8.78 Å². The third-order valence-corrected chi connectivity index (χ3v) is 5.70. The molecule has 9 nitrogen and oxygen atoms in total. The van der Waals surface area contributed by atoms with Gasteiger partial charge in [0.2, 0.25) is 11.6 Å². The first kappa shape index (κ1) is 23.0. The highest BCUT2D eigenvalue weighted by atomic mass is 19.1. The molecular formula is C25H14F2O9. The Morgan fingerprint density at radius 3 is 1.81 bits per heavy atom. The third kappa shape index (κ3) is 3.20. The Bertz CT molecular complexity index is 1450. The van der Waals surface area contributed by atoms with Crippen LogP contribution in [0.3, 0.4) is 0 Å². The second-order valence-corrected chi connectivity index (χ2v) is 7.93. The van der Waals surface area contributed by atoms with Crippen molar-refractivity contribution in [2.75, 3.05) is 0 Å². The maximum Gasteiger partial charge on any atom is 0.340 e. The Kier molecular flexibility index (Phi) is 5.02. The van der Waals surface area contributed by atoms with Gasteiger partial charge in [-0.05, 0) is 36.4 Å². The van der Waals surface area contributed by atoms with Gasteiger partial charge in [0.1, 0.15) is 0 Å². The Hall–Kier alpha value is -4.80. The summed E-state index contributed by atoms with van der Waals surface area (Å²) in [5.41, 5.74) is -2.35. The van der Waals surface area contributed by atoms with Gasteiger partial charge in [0.25, 0.3) is 0 Å². The van der Waals surface area contributed by atoms with Crippen LogP contribution in [-0.2, 0) is 19.9 Å². The molecule has 0 saturated heterocycles. The normalized spacial score (nSPS) is 14.2. The van der Waals surface area contributed by atoms with Gasteiger partial charge in [-0.15, -0.1) is 0 Å². The molecule has 5 rings (SSSR count). The smallest absolute Gasteiger partial charge is 0.340 e. The highest BCUT2D eigenvalue weighted by molar-refractivity contribution is 6.00. The van der Waals surface area contributed by atoms with Crippen molar-refractivity contribution in [1.29, 1.82) is 0 Å². The van der Waals surface area contributed by atoms with Crippen LogP contribution >= 0.6 is 0 Å². The van der Waals surface area contributed by atoms with Gasteiger partial charge in [0.15, 0.2) is 28.6 Å². The molecule has 11 heteroatoms. The van der Waals surface area contributed by atoms with Gasteiger partial charge in [0, 0.05) is 19.4 Å². The Balaban J connectivity index is 1.84. The maximum absolute atomic E-state index is 15.5. The van der Waals surface area contributed by atoms with Gasteiger partial charge in [-0.3, -0.25) is 9.59 Å². The molecule has 1 N–H and O–H groups in total. The Morgan fingerprint density at radius 2 is 1.33 bits per heavy atom. The number of carbonyl (C=O) groups is 4. The van der Waals surface area contributed by atoms with Crippen molar-refractivity contribution in [2.24, 2.45) is 0 Å². The van der Waals surface area contributed by atoms with Crippen molar-refractivity contribution in [3.05, 3.63) is 81.9 Å². The molecule has 0 aromatic heterocycles. The van der Waals surface area contributed by atoms with Crippen molar-refractivity contribution < 1.29 is 52.0 Å². The summed E-state index contributed by atoms with van der Waals surface area (Å²) in [6, 6.07) is 8.41. The molecule has 0 aliphatic carbocycles. The van der Waals surface area contributed by atoms with Gasteiger partial charge in [-0.25, -0.2) is 9.59 Å². The first-order chi connectivity index (χ1) is 17.0.